The molecule has 3 rings (SSSR count). The Kier molecular flexibility index (Phi) is 5.49. The number of benzene rings is 1. The van der Waals surface area contributed by atoms with Gasteiger partial charge in [0.1, 0.15) is 5.75 Å². The third-order valence-corrected chi connectivity index (χ3v) is 4.94. The molecule has 25 heavy (non-hydrogen) atoms. The minimum Gasteiger partial charge on any atom is -0.496 e. The number of Topliss-reactive ketones (excluding diaryl/α,β-unsaturated/α-hetero) is 1. The highest BCUT2D eigenvalue weighted by Crippen LogP contribution is 2.28. The number of methoxy groups -OCH3 is 1. The highest BCUT2D eigenvalue weighted by Gasteiger charge is 2.27. The van der Waals surface area contributed by atoms with Crippen LogP contribution in [0, 0.1) is 19.8 Å². The molecule has 1 saturated heterocycles. The van der Waals surface area contributed by atoms with Crippen LogP contribution in [0.15, 0.2) is 36.5 Å². The Labute approximate surface area is 149 Å². The Balaban J connectivity index is 1.72. The van der Waals surface area contributed by atoms with Gasteiger partial charge in [-0.1, -0.05) is 6.07 Å². The van der Waals surface area contributed by atoms with Gasteiger partial charge in [-0.3, -0.25) is 14.7 Å². The Morgan fingerprint density at radius 2 is 2.04 bits per heavy atom. The summed E-state index contributed by atoms with van der Waals surface area (Å²) in [6.07, 6.45) is 3.84. The van der Waals surface area contributed by atoms with E-state index in [1.54, 1.807) is 7.11 Å². The molecule has 1 fully saturated rings. The first-order chi connectivity index (χ1) is 12.1. The molecule has 4 nitrogen and oxygen atoms in total. The van der Waals surface area contributed by atoms with E-state index < -0.39 is 0 Å². The second-order valence-electron chi connectivity index (χ2n) is 6.90. The third-order valence-electron chi connectivity index (χ3n) is 4.94. The Morgan fingerprint density at radius 1 is 1.28 bits per heavy atom. The molecule has 2 aromatic rings. The van der Waals surface area contributed by atoms with E-state index in [2.05, 4.69) is 9.88 Å². The van der Waals surface area contributed by atoms with Crippen LogP contribution in [0.2, 0.25) is 0 Å². The number of pyridine rings is 1. The SMILES string of the molecule is COc1c(C)cc(C(=O)[C@@H]2CCCN(Cc3ccccn3)C2)cc1C. The molecule has 0 N–H and O–H groups in total. The predicted molar refractivity (Wildman–Crippen MR) is 99.0 cm³/mol. The molecule has 0 unspecified atom stereocenters. The molecular formula is C21H26N2O2. The van der Waals surface area contributed by atoms with Crippen molar-refractivity contribution in [3.05, 3.63) is 58.9 Å². The van der Waals surface area contributed by atoms with Crippen LogP contribution in [0.5, 0.6) is 5.75 Å². The summed E-state index contributed by atoms with van der Waals surface area (Å²) >= 11 is 0. The van der Waals surface area contributed by atoms with Crippen LogP contribution < -0.4 is 4.74 Å². The lowest BCUT2D eigenvalue weighted by atomic mass is 9.88. The Morgan fingerprint density at radius 3 is 2.68 bits per heavy atom. The first-order valence-corrected chi connectivity index (χ1v) is 8.90. The standard InChI is InChI=1S/C21H26N2O2/c1-15-11-18(12-16(2)21(15)25-3)20(24)17-7-6-10-23(13-17)14-19-8-4-5-9-22-19/h4-5,8-9,11-12,17H,6-7,10,13-14H2,1-3H3/t17-/m1/s1. The number of aromatic nitrogens is 1. The maximum atomic E-state index is 13.0. The van der Waals surface area contributed by atoms with Crippen molar-refractivity contribution >= 4 is 5.78 Å². The van der Waals surface area contributed by atoms with Gasteiger partial charge < -0.3 is 4.74 Å². The summed E-state index contributed by atoms with van der Waals surface area (Å²) in [4.78, 5) is 19.8. The summed E-state index contributed by atoms with van der Waals surface area (Å²) in [5.74, 6) is 1.18. The zero-order valence-corrected chi connectivity index (χ0v) is 15.3. The fourth-order valence-corrected chi connectivity index (χ4v) is 3.78. The average Bonchev–Trinajstić information content (AvgIpc) is 2.62. The fraction of sp³-hybridized carbons (Fsp3) is 0.429. The molecule has 1 aromatic heterocycles. The van der Waals surface area contributed by atoms with Crippen LogP contribution >= 0.6 is 0 Å². The van der Waals surface area contributed by atoms with E-state index in [0.717, 1.165) is 60.6 Å². The van der Waals surface area contributed by atoms with E-state index in [1.165, 1.54) is 0 Å². The van der Waals surface area contributed by atoms with Crippen molar-refractivity contribution in [1.82, 2.24) is 9.88 Å². The number of rotatable bonds is 5. The average molecular weight is 338 g/mol. The van der Waals surface area contributed by atoms with Crippen LogP contribution in [0.1, 0.15) is 40.0 Å². The summed E-state index contributed by atoms with van der Waals surface area (Å²) in [6.45, 7) is 6.64. The van der Waals surface area contributed by atoms with Gasteiger partial charge in [-0.05, 0) is 68.6 Å². The van der Waals surface area contributed by atoms with Crippen LogP contribution in [-0.4, -0.2) is 35.9 Å². The Bertz CT molecular complexity index is 720. The molecule has 0 aliphatic carbocycles. The topological polar surface area (TPSA) is 42.4 Å². The van der Waals surface area contributed by atoms with Gasteiger partial charge >= 0.3 is 0 Å². The van der Waals surface area contributed by atoms with Crippen LogP contribution in [0.25, 0.3) is 0 Å². The second kappa shape index (κ2) is 7.79. The molecule has 2 heterocycles. The summed E-state index contributed by atoms with van der Waals surface area (Å²) in [5.41, 5.74) is 3.91. The monoisotopic (exact) mass is 338 g/mol. The largest absolute Gasteiger partial charge is 0.496 e. The van der Waals surface area contributed by atoms with Gasteiger partial charge in [-0.25, -0.2) is 0 Å². The first-order valence-electron chi connectivity index (χ1n) is 8.90. The van der Waals surface area contributed by atoms with Gasteiger partial charge in [0.05, 0.1) is 12.8 Å². The number of ketones is 1. The van der Waals surface area contributed by atoms with Crippen molar-refractivity contribution in [1.29, 1.82) is 0 Å². The molecular weight excluding hydrogens is 312 g/mol. The zero-order valence-electron chi connectivity index (χ0n) is 15.3. The third kappa shape index (κ3) is 4.07. The van der Waals surface area contributed by atoms with Gasteiger partial charge in [0.2, 0.25) is 0 Å². The van der Waals surface area contributed by atoms with E-state index in [1.807, 2.05) is 50.4 Å². The van der Waals surface area contributed by atoms with Crippen molar-refractivity contribution in [2.75, 3.05) is 20.2 Å². The second-order valence-corrected chi connectivity index (χ2v) is 6.90. The van der Waals surface area contributed by atoms with Crippen molar-refractivity contribution in [2.45, 2.75) is 33.2 Å². The highest BCUT2D eigenvalue weighted by molar-refractivity contribution is 5.98. The number of likely N-dealkylation sites (tertiary alicyclic amines) is 1. The number of piperidine rings is 1. The molecule has 1 aliphatic rings. The molecule has 0 bridgehead atoms. The lowest BCUT2D eigenvalue weighted by Crippen LogP contribution is -2.38. The van der Waals surface area contributed by atoms with Gasteiger partial charge in [0.25, 0.3) is 0 Å². The van der Waals surface area contributed by atoms with E-state index in [9.17, 15) is 4.79 Å². The maximum absolute atomic E-state index is 13.0. The van der Waals surface area contributed by atoms with Crippen molar-refractivity contribution < 1.29 is 9.53 Å². The fourth-order valence-electron chi connectivity index (χ4n) is 3.78. The molecule has 0 saturated carbocycles. The summed E-state index contributed by atoms with van der Waals surface area (Å²) in [7, 11) is 1.67. The Hall–Kier alpha value is -2.20. The molecule has 0 radical (unpaired) electrons. The predicted octanol–water partition coefficient (Wildman–Crippen LogP) is 3.80. The van der Waals surface area contributed by atoms with Gasteiger partial charge in [0.15, 0.2) is 5.78 Å². The number of carbonyl (C=O) groups excluding carboxylic acids is 1. The van der Waals surface area contributed by atoms with E-state index >= 15 is 0 Å². The van der Waals surface area contributed by atoms with Crippen molar-refractivity contribution in [2.24, 2.45) is 5.92 Å². The summed E-state index contributed by atoms with van der Waals surface area (Å²) < 4.78 is 5.41. The zero-order chi connectivity index (χ0) is 17.8. The number of hydrogen-bond acceptors (Lipinski definition) is 4. The van der Waals surface area contributed by atoms with Crippen molar-refractivity contribution in [3.8, 4) is 5.75 Å². The lowest BCUT2D eigenvalue weighted by Gasteiger charge is -2.31. The van der Waals surface area contributed by atoms with Gasteiger partial charge in [-0.2, -0.15) is 0 Å². The van der Waals surface area contributed by atoms with Crippen LogP contribution in [0.4, 0.5) is 0 Å². The van der Waals surface area contributed by atoms with Gasteiger partial charge in [-0.15, -0.1) is 0 Å². The molecule has 1 atom stereocenters. The van der Waals surface area contributed by atoms with Crippen LogP contribution in [0.3, 0.4) is 0 Å². The molecule has 1 aromatic carbocycles. The quantitative estimate of drug-likeness (QED) is 0.778. The number of hydrogen-bond donors (Lipinski definition) is 0. The first kappa shape index (κ1) is 17.6. The smallest absolute Gasteiger partial charge is 0.167 e. The minimum atomic E-state index is 0.0599. The lowest BCUT2D eigenvalue weighted by molar-refractivity contribution is 0.0810. The molecule has 0 spiro atoms. The molecule has 1 aliphatic heterocycles. The molecule has 4 heteroatoms. The van der Waals surface area contributed by atoms with E-state index in [-0.39, 0.29) is 11.7 Å². The van der Waals surface area contributed by atoms with Crippen molar-refractivity contribution in [3.63, 3.8) is 0 Å². The van der Waals surface area contributed by atoms with Crippen LogP contribution in [-0.2, 0) is 6.54 Å². The number of aryl methyl sites for hydroxylation is 2. The summed E-state index contributed by atoms with van der Waals surface area (Å²) in [5, 5.41) is 0. The number of carbonyl (C=O) groups is 1. The normalized spacial score (nSPS) is 18.1. The number of nitrogens with zero attached hydrogens (tertiary/aromatic N) is 2. The van der Waals surface area contributed by atoms with E-state index in [0.29, 0.717) is 0 Å². The molecule has 132 valence electrons. The van der Waals surface area contributed by atoms with Gasteiger partial charge in [0, 0.05) is 30.8 Å². The summed E-state index contributed by atoms with van der Waals surface area (Å²) in [6, 6.07) is 9.91. The number of ether oxygens (including phenoxy) is 1. The highest BCUT2D eigenvalue weighted by atomic mass is 16.5. The molecule has 0 amide bonds. The minimum absolute atomic E-state index is 0.0599. The maximum Gasteiger partial charge on any atom is 0.167 e. The van der Waals surface area contributed by atoms with E-state index in [4.69, 9.17) is 4.74 Å².